The number of rotatable bonds is 2. The quantitative estimate of drug-likeness (QED) is 0.660. The molecule has 0 bridgehead atoms. The predicted octanol–water partition coefficient (Wildman–Crippen LogP) is 0.891. The molecule has 1 saturated carbocycles. The highest BCUT2D eigenvalue weighted by Gasteiger charge is 2.38. The van der Waals surface area contributed by atoms with Crippen molar-refractivity contribution < 1.29 is 0 Å². The molecule has 3 heteroatoms. The molecule has 1 rings (SSSR count). The van der Waals surface area contributed by atoms with Gasteiger partial charge in [0.25, 0.3) is 0 Å². The summed E-state index contributed by atoms with van der Waals surface area (Å²) >= 11 is 0. The van der Waals surface area contributed by atoms with Gasteiger partial charge in [-0.25, -0.2) is 0 Å². The summed E-state index contributed by atoms with van der Waals surface area (Å²) in [5, 5.41) is 6.96. The first-order chi connectivity index (χ1) is 5.59. The third kappa shape index (κ3) is 1.83. The van der Waals surface area contributed by atoms with Crippen LogP contribution in [0.1, 0.15) is 46.0 Å². The van der Waals surface area contributed by atoms with Gasteiger partial charge in [0.15, 0.2) is 0 Å². The molecule has 0 aromatic rings. The van der Waals surface area contributed by atoms with Crippen LogP contribution in [0.5, 0.6) is 0 Å². The van der Waals surface area contributed by atoms with Crippen molar-refractivity contribution in [2.24, 2.45) is 11.3 Å². The smallest absolute Gasteiger partial charge is 0.0914 e. The van der Waals surface area contributed by atoms with E-state index >= 15 is 0 Å². The average molecular weight is 201 g/mol. The van der Waals surface area contributed by atoms with Crippen LogP contribution in [0.25, 0.3) is 0 Å². The van der Waals surface area contributed by atoms with Crippen molar-refractivity contribution in [1.82, 2.24) is 0 Å². The summed E-state index contributed by atoms with van der Waals surface area (Å²) in [6.07, 6.45) is 7.24. The van der Waals surface area contributed by atoms with Crippen LogP contribution in [-0.2, 0) is 0 Å². The highest BCUT2D eigenvalue weighted by Crippen LogP contribution is 2.49. The molecule has 0 aliphatic heterocycles. The van der Waals surface area contributed by atoms with Crippen molar-refractivity contribution in [2.75, 3.05) is 0 Å². The second-order valence-electron chi connectivity index (χ2n) is 4.74. The normalized spacial score (nSPS) is 26.0. The van der Waals surface area contributed by atoms with Gasteiger partial charge in [-0.1, -0.05) is 33.1 Å². The van der Waals surface area contributed by atoms with E-state index in [-0.39, 0.29) is 0 Å². The lowest BCUT2D eigenvalue weighted by molar-refractivity contribution is 0.293. The van der Waals surface area contributed by atoms with Crippen molar-refractivity contribution in [3.8, 4) is 0 Å². The molecule has 1 aliphatic rings. The Bertz CT molecular complexity index is 129. The lowest BCUT2D eigenvalue weighted by Gasteiger charge is -2.43. The molecule has 2 N–H and O–H groups in total. The Morgan fingerprint density at radius 2 is 1.75 bits per heavy atom. The van der Waals surface area contributed by atoms with Gasteiger partial charge in [0, 0.05) is 9.76 Å². The maximum absolute atomic E-state index is 6.30. The molecule has 1 aliphatic carbocycles. The Morgan fingerprint density at radius 1 is 1.25 bits per heavy atom. The molecule has 0 heterocycles. The Hall–Kier alpha value is 0.394. The summed E-state index contributed by atoms with van der Waals surface area (Å²) in [7, 11) is 0.492. The first-order valence-electron chi connectivity index (χ1n) is 5.35. The lowest BCUT2D eigenvalue weighted by atomic mass is 9.80. The van der Waals surface area contributed by atoms with Gasteiger partial charge in [-0.05, 0) is 23.8 Å². The van der Waals surface area contributed by atoms with E-state index in [2.05, 4.69) is 13.8 Å². The van der Waals surface area contributed by atoms with Gasteiger partial charge < -0.3 is 5.40 Å². The van der Waals surface area contributed by atoms with Crippen LogP contribution in [0.3, 0.4) is 0 Å². The molecule has 12 heavy (non-hydrogen) atoms. The lowest BCUT2D eigenvalue weighted by Crippen LogP contribution is -2.46. The third-order valence-corrected chi connectivity index (χ3v) is 10.3. The Labute approximate surface area is 81.0 Å². The molecule has 0 saturated heterocycles. The zero-order valence-electron chi connectivity index (χ0n) is 8.77. The van der Waals surface area contributed by atoms with Crippen LogP contribution in [0.2, 0.25) is 5.04 Å². The average Bonchev–Trinajstić information content (AvgIpc) is 2.05. The van der Waals surface area contributed by atoms with E-state index in [1.807, 2.05) is 0 Å². The second-order valence-corrected chi connectivity index (χ2v) is 11.2. The van der Waals surface area contributed by atoms with Crippen molar-refractivity contribution in [3.63, 3.8) is 0 Å². The van der Waals surface area contributed by atoms with E-state index in [1.165, 1.54) is 41.9 Å². The molecule has 0 aromatic carbocycles. The highest BCUT2D eigenvalue weighted by molar-refractivity contribution is 7.03. The van der Waals surface area contributed by atoms with Crippen LogP contribution in [0.4, 0.5) is 0 Å². The van der Waals surface area contributed by atoms with Crippen molar-refractivity contribution >= 4 is 18.2 Å². The molecule has 1 unspecified atom stereocenters. The summed E-state index contributed by atoms with van der Waals surface area (Å²) in [6, 6.07) is 0. The maximum Gasteiger partial charge on any atom is 0.0914 e. The van der Waals surface area contributed by atoms with E-state index in [4.69, 9.17) is 5.40 Å². The van der Waals surface area contributed by atoms with Crippen LogP contribution in [-0.4, -0.2) is 18.2 Å². The zero-order chi connectivity index (χ0) is 9.19. The standard InChI is InChI=1S/C9H23NSi2/c1-8(2)9(12(10)11)6-4-3-5-7-9/h8,12H,3-7,10H2,1-2,11H3. The summed E-state index contributed by atoms with van der Waals surface area (Å²) in [5.74, 6) is 0.844. The monoisotopic (exact) mass is 201 g/mol. The Morgan fingerprint density at radius 3 is 2.00 bits per heavy atom. The molecule has 0 spiro atoms. The minimum absolute atomic E-state index is 0.657. The fourth-order valence-electron chi connectivity index (χ4n) is 2.77. The molecule has 1 nitrogen and oxygen atoms in total. The van der Waals surface area contributed by atoms with Crippen LogP contribution >= 0.6 is 0 Å². The third-order valence-electron chi connectivity index (χ3n) is 3.84. The molecule has 0 radical (unpaired) electrons. The van der Waals surface area contributed by atoms with Gasteiger partial charge in [-0.15, -0.1) is 0 Å². The van der Waals surface area contributed by atoms with Gasteiger partial charge >= 0.3 is 0 Å². The van der Waals surface area contributed by atoms with Gasteiger partial charge in [-0.3, -0.25) is 0 Å². The minimum Gasteiger partial charge on any atom is -0.355 e. The summed E-state index contributed by atoms with van der Waals surface area (Å²) in [5.41, 5.74) is 0. The largest absolute Gasteiger partial charge is 0.355 e. The minimum atomic E-state index is -0.807. The summed E-state index contributed by atoms with van der Waals surface area (Å²) < 4.78 is 0. The van der Waals surface area contributed by atoms with Crippen molar-refractivity contribution in [2.45, 2.75) is 51.0 Å². The maximum atomic E-state index is 6.30. The van der Waals surface area contributed by atoms with E-state index in [9.17, 15) is 0 Å². The first-order valence-corrected chi connectivity index (χ1v) is 11.2. The highest BCUT2D eigenvalue weighted by atomic mass is 29.2. The summed E-state index contributed by atoms with van der Waals surface area (Å²) in [6.45, 7) is 4.77. The predicted molar refractivity (Wildman–Crippen MR) is 61.9 cm³/mol. The van der Waals surface area contributed by atoms with Crippen molar-refractivity contribution in [3.05, 3.63) is 0 Å². The number of nitrogens with two attached hydrogens (primary N) is 1. The number of hydrogen-bond acceptors (Lipinski definition) is 1. The van der Waals surface area contributed by atoms with Crippen molar-refractivity contribution in [1.29, 1.82) is 0 Å². The van der Waals surface area contributed by atoms with Crippen LogP contribution in [0, 0.1) is 5.92 Å². The first kappa shape index (κ1) is 10.5. The zero-order valence-corrected chi connectivity index (χ0v) is 11.9. The van der Waals surface area contributed by atoms with E-state index in [1.54, 1.807) is 0 Å². The van der Waals surface area contributed by atoms with Crippen LogP contribution in [0.15, 0.2) is 0 Å². The van der Waals surface area contributed by atoms with Gasteiger partial charge in [0.05, 0.1) is 8.48 Å². The fraction of sp³-hybridized carbons (Fsp3) is 1.00. The molecule has 1 atom stereocenters. The van der Waals surface area contributed by atoms with E-state index in [0.29, 0.717) is 5.04 Å². The van der Waals surface area contributed by atoms with Gasteiger partial charge in [0.1, 0.15) is 0 Å². The van der Waals surface area contributed by atoms with Crippen LogP contribution < -0.4 is 5.40 Å². The van der Waals surface area contributed by atoms with E-state index in [0.717, 1.165) is 5.92 Å². The molecular weight excluding hydrogens is 178 g/mol. The Kier molecular flexibility index (Phi) is 3.55. The Balaban J connectivity index is 2.70. The number of hydrogen-bond donors (Lipinski definition) is 1. The molecular formula is C9H23NSi2. The topological polar surface area (TPSA) is 26.0 Å². The molecule has 0 aromatic heterocycles. The molecule has 0 amide bonds. The molecule has 72 valence electrons. The fourth-order valence-corrected chi connectivity index (χ4v) is 8.87. The second kappa shape index (κ2) is 4.07. The molecule has 1 fully saturated rings. The van der Waals surface area contributed by atoms with Gasteiger partial charge in [-0.2, -0.15) is 0 Å². The van der Waals surface area contributed by atoms with E-state index < -0.39 is 8.48 Å². The summed E-state index contributed by atoms with van der Waals surface area (Å²) in [4.78, 5) is 0. The van der Waals surface area contributed by atoms with Gasteiger partial charge in [0.2, 0.25) is 0 Å². The SMILES string of the molecule is CC(C)C1([SiH](N)[SiH3])CCCCC1.